The van der Waals surface area contributed by atoms with Gasteiger partial charge in [0, 0.05) is 28.8 Å². The minimum Gasteiger partial charge on any atom is -0.256 e. The first-order valence-electron chi connectivity index (χ1n) is 17.0. The van der Waals surface area contributed by atoms with E-state index in [-0.39, 0.29) is 5.92 Å². The molecule has 0 amide bonds. The molecule has 4 heteroatoms. The van der Waals surface area contributed by atoms with Crippen molar-refractivity contribution in [2.24, 2.45) is 0 Å². The molecule has 1 aliphatic rings. The monoisotopic (exact) mass is 640 g/mol. The highest BCUT2D eigenvalue weighted by Gasteiger charge is 2.18. The van der Waals surface area contributed by atoms with E-state index in [1.807, 2.05) is 42.6 Å². The maximum absolute atomic E-state index is 5.14. The van der Waals surface area contributed by atoms with E-state index in [9.17, 15) is 0 Å². The van der Waals surface area contributed by atoms with Crippen molar-refractivity contribution in [3.63, 3.8) is 0 Å². The van der Waals surface area contributed by atoms with E-state index in [1.54, 1.807) is 0 Å². The van der Waals surface area contributed by atoms with Crippen LogP contribution in [0.5, 0.6) is 0 Å². The average Bonchev–Trinajstić information content (AvgIpc) is 3.21. The molecule has 8 aromatic rings. The number of pyridine rings is 1. The minimum absolute atomic E-state index is 0.0846. The maximum atomic E-state index is 5.14. The van der Waals surface area contributed by atoms with Crippen LogP contribution in [-0.4, -0.2) is 19.9 Å². The summed E-state index contributed by atoms with van der Waals surface area (Å²) in [5, 5.41) is 4.96. The van der Waals surface area contributed by atoms with Gasteiger partial charge in [0.15, 0.2) is 11.6 Å². The second-order valence-electron chi connectivity index (χ2n) is 12.7. The fourth-order valence-electron chi connectivity index (χ4n) is 6.83. The first kappa shape index (κ1) is 29.6. The van der Waals surface area contributed by atoms with Crippen molar-refractivity contribution in [2.75, 3.05) is 0 Å². The lowest BCUT2D eigenvalue weighted by Crippen LogP contribution is -2.08. The van der Waals surface area contributed by atoms with E-state index >= 15 is 0 Å². The number of nitrogens with zero attached hydrogens (tertiary/aromatic N) is 4. The number of rotatable bonds is 6. The van der Waals surface area contributed by atoms with Crippen LogP contribution in [0, 0.1) is 0 Å². The lowest BCUT2D eigenvalue weighted by atomic mass is 9.93. The van der Waals surface area contributed by atoms with Crippen molar-refractivity contribution in [3.8, 4) is 56.3 Å². The second-order valence-corrected chi connectivity index (χ2v) is 12.7. The van der Waals surface area contributed by atoms with Gasteiger partial charge >= 0.3 is 0 Å². The average molecular weight is 641 g/mol. The molecule has 2 heterocycles. The summed E-state index contributed by atoms with van der Waals surface area (Å²) in [5.41, 5.74) is 8.39. The molecule has 0 bridgehead atoms. The molecule has 6 aromatic carbocycles. The second kappa shape index (κ2) is 12.8. The summed E-state index contributed by atoms with van der Waals surface area (Å²) in [6, 6.07) is 51.3. The zero-order valence-corrected chi connectivity index (χ0v) is 27.3. The lowest BCUT2D eigenvalue weighted by Gasteiger charge is -2.16. The normalized spacial score (nSPS) is 14.0. The van der Waals surface area contributed by atoms with Gasteiger partial charge in [-0.15, -0.1) is 0 Å². The zero-order valence-electron chi connectivity index (χ0n) is 27.3. The summed E-state index contributed by atoms with van der Waals surface area (Å²) < 4.78 is 0. The quantitative estimate of drug-likeness (QED) is 0.170. The van der Waals surface area contributed by atoms with Gasteiger partial charge in [0.25, 0.3) is 0 Å². The Morgan fingerprint density at radius 3 is 1.92 bits per heavy atom. The first-order valence-corrected chi connectivity index (χ1v) is 17.0. The fraction of sp³-hybridized carbons (Fsp3) is 0.0435. The number of aromatic nitrogens is 4. The Kier molecular flexibility index (Phi) is 7.60. The Morgan fingerprint density at radius 1 is 0.440 bits per heavy atom. The lowest BCUT2D eigenvalue weighted by molar-refractivity contribution is 0.764. The topological polar surface area (TPSA) is 51.6 Å². The predicted molar refractivity (Wildman–Crippen MR) is 205 cm³/mol. The Morgan fingerprint density at radius 2 is 1.12 bits per heavy atom. The number of fused-ring (bicyclic) bond motifs is 3. The van der Waals surface area contributed by atoms with Crippen LogP contribution in [0.15, 0.2) is 176 Å². The molecule has 0 fully saturated rings. The van der Waals surface area contributed by atoms with Crippen molar-refractivity contribution in [1.82, 2.24) is 19.9 Å². The molecule has 2 aromatic heterocycles. The zero-order chi connectivity index (χ0) is 33.3. The number of hydrogen-bond donors (Lipinski definition) is 0. The van der Waals surface area contributed by atoms with Crippen LogP contribution in [0.25, 0.3) is 77.8 Å². The molecule has 1 aliphatic carbocycles. The summed E-state index contributed by atoms with van der Waals surface area (Å²) in [4.78, 5) is 19.8. The Bertz CT molecular complexity index is 2550. The number of hydrogen-bond acceptors (Lipinski definition) is 4. The van der Waals surface area contributed by atoms with Crippen molar-refractivity contribution >= 4 is 21.5 Å². The molecule has 4 nitrogen and oxygen atoms in total. The predicted octanol–water partition coefficient (Wildman–Crippen LogP) is 11.5. The molecule has 0 saturated heterocycles. The minimum atomic E-state index is 0.0846. The molecule has 1 atom stereocenters. The molecule has 9 rings (SSSR count). The molecular weight excluding hydrogens is 609 g/mol. The molecule has 1 unspecified atom stereocenters. The molecule has 0 spiro atoms. The maximum Gasteiger partial charge on any atom is 0.163 e. The first-order chi connectivity index (χ1) is 24.7. The van der Waals surface area contributed by atoms with E-state index in [4.69, 9.17) is 15.0 Å². The third-order valence-electron chi connectivity index (χ3n) is 9.45. The SMILES string of the molecule is C1=CCC(c2nc(-c3ccccc3)nc(-c3cc(-c4ccc(-c5ccccn5)cc4)cc(-c4ccc5c(ccc6ccccc65)c4)c3)n2)C=C1. The standard InChI is InChI=1S/C46H32N4/c1-3-12-34(13-4-1)44-48-45(35-14-5-2-6-15-35)50-46(49-44)40-29-38(31-18-21-33(22-19-31)43-17-9-10-26-47-43)28-39(30-40)36-24-25-42-37(27-36)23-20-32-11-7-8-16-41(32)42/h1-14,16-30,35H,15H2. The van der Waals surface area contributed by atoms with Gasteiger partial charge in [-0.05, 0) is 86.6 Å². The van der Waals surface area contributed by atoms with Crippen LogP contribution in [-0.2, 0) is 0 Å². The van der Waals surface area contributed by atoms with Crippen molar-refractivity contribution in [3.05, 3.63) is 182 Å². The Balaban J connectivity index is 1.22. The highest BCUT2D eigenvalue weighted by atomic mass is 15.0. The summed E-state index contributed by atoms with van der Waals surface area (Å²) in [6.45, 7) is 0. The molecule has 0 radical (unpaired) electrons. The molecule has 236 valence electrons. The number of benzene rings is 6. The van der Waals surface area contributed by atoms with Crippen molar-refractivity contribution < 1.29 is 0 Å². The largest absolute Gasteiger partial charge is 0.256 e. The van der Waals surface area contributed by atoms with Crippen LogP contribution < -0.4 is 0 Å². The molecular formula is C46H32N4. The van der Waals surface area contributed by atoms with Gasteiger partial charge < -0.3 is 0 Å². The van der Waals surface area contributed by atoms with Crippen LogP contribution >= 0.6 is 0 Å². The van der Waals surface area contributed by atoms with Gasteiger partial charge in [-0.3, -0.25) is 4.98 Å². The molecule has 0 aliphatic heterocycles. The van der Waals surface area contributed by atoms with Crippen LogP contribution in [0.2, 0.25) is 0 Å². The van der Waals surface area contributed by atoms with E-state index in [1.165, 1.54) is 21.5 Å². The van der Waals surface area contributed by atoms with Crippen LogP contribution in [0.4, 0.5) is 0 Å². The van der Waals surface area contributed by atoms with E-state index in [0.29, 0.717) is 11.6 Å². The highest BCUT2D eigenvalue weighted by molar-refractivity contribution is 6.08. The molecule has 0 N–H and O–H groups in total. The van der Waals surface area contributed by atoms with Gasteiger partial charge in [0.1, 0.15) is 5.82 Å². The van der Waals surface area contributed by atoms with Gasteiger partial charge in [0.05, 0.1) is 5.69 Å². The van der Waals surface area contributed by atoms with Gasteiger partial charge in [-0.2, -0.15) is 0 Å². The van der Waals surface area contributed by atoms with E-state index in [0.717, 1.165) is 56.9 Å². The van der Waals surface area contributed by atoms with E-state index in [2.05, 4.69) is 138 Å². The Labute approximate surface area is 291 Å². The smallest absolute Gasteiger partial charge is 0.163 e. The fourth-order valence-corrected chi connectivity index (χ4v) is 6.83. The highest BCUT2D eigenvalue weighted by Crippen LogP contribution is 2.36. The summed E-state index contributed by atoms with van der Waals surface area (Å²) >= 11 is 0. The summed E-state index contributed by atoms with van der Waals surface area (Å²) in [6.07, 6.45) is 11.2. The van der Waals surface area contributed by atoms with Gasteiger partial charge in [-0.1, -0.05) is 133 Å². The van der Waals surface area contributed by atoms with Crippen molar-refractivity contribution in [1.29, 1.82) is 0 Å². The van der Waals surface area contributed by atoms with Crippen LogP contribution in [0.3, 0.4) is 0 Å². The summed E-state index contributed by atoms with van der Waals surface area (Å²) in [7, 11) is 0. The Hall–Kier alpha value is -6.52. The number of allylic oxidation sites excluding steroid dienone is 4. The third kappa shape index (κ3) is 5.78. The third-order valence-corrected chi connectivity index (χ3v) is 9.45. The van der Waals surface area contributed by atoms with E-state index < -0.39 is 0 Å². The van der Waals surface area contributed by atoms with Gasteiger partial charge in [-0.25, -0.2) is 15.0 Å². The van der Waals surface area contributed by atoms with Crippen LogP contribution in [0.1, 0.15) is 18.2 Å². The summed E-state index contributed by atoms with van der Waals surface area (Å²) in [5.74, 6) is 2.20. The molecule has 0 saturated carbocycles. The van der Waals surface area contributed by atoms with Gasteiger partial charge in [0.2, 0.25) is 0 Å². The van der Waals surface area contributed by atoms with Crippen molar-refractivity contribution in [2.45, 2.75) is 12.3 Å². The molecule has 50 heavy (non-hydrogen) atoms.